The summed E-state index contributed by atoms with van der Waals surface area (Å²) >= 11 is 5.89. The van der Waals surface area contributed by atoms with Crippen molar-refractivity contribution in [2.45, 2.75) is 25.7 Å². The maximum Gasteiger partial charge on any atom is 0.417 e. The lowest BCUT2D eigenvalue weighted by Crippen LogP contribution is -2.25. The molecule has 150 valence electrons. The maximum absolute atomic E-state index is 13.0. The van der Waals surface area contributed by atoms with Crippen LogP contribution in [0.1, 0.15) is 17.8 Å². The summed E-state index contributed by atoms with van der Waals surface area (Å²) < 4.78 is 42.1. The first kappa shape index (κ1) is 19.3. The van der Waals surface area contributed by atoms with Crippen molar-refractivity contribution in [2.24, 2.45) is 0 Å². The number of rotatable bonds is 5. The Morgan fingerprint density at radius 3 is 2.76 bits per heavy atom. The van der Waals surface area contributed by atoms with Crippen molar-refractivity contribution in [3.8, 4) is 0 Å². The Morgan fingerprint density at radius 2 is 1.97 bits per heavy atom. The number of aryl methyl sites for hydroxylation is 1. The van der Waals surface area contributed by atoms with Gasteiger partial charge in [0.1, 0.15) is 0 Å². The molecule has 1 amide bonds. The van der Waals surface area contributed by atoms with Crippen LogP contribution in [-0.2, 0) is 24.1 Å². The van der Waals surface area contributed by atoms with Crippen LogP contribution in [0.15, 0.2) is 48.8 Å². The molecule has 0 unspecified atom stereocenters. The van der Waals surface area contributed by atoms with E-state index in [1.807, 2.05) is 41.1 Å². The van der Waals surface area contributed by atoms with Gasteiger partial charge in [0.05, 0.1) is 17.1 Å². The zero-order valence-corrected chi connectivity index (χ0v) is 15.7. The Hall–Kier alpha value is -3.07. The Morgan fingerprint density at radius 1 is 1.17 bits per heavy atom. The summed E-state index contributed by atoms with van der Waals surface area (Å²) in [5, 5.41) is 11.2. The second-order valence-corrected chi connectivity index (χ2v) is 6.89. The number of hydrogen-bond acceptors (Lipinski definition) is 3. The van der Waals surface area contributed by atoms with Gasteiger partial charge < -0.3 is 9.88 Å². The highest BCUT2D eigenvalue weighted by molar-refractivity contribution is 6.33. The molecular formula is C19H15ClF3N5O. The summed E-state index contributed by atoms with van der Waals surface area (Å²) in [7, 11) is 0. The Kier molecular flexibility index (Phi) is 4.91. The lowest BCUT2D eigenvalue weighted by molar-refractivity contribution is -0.137. The monoisotopic (exact) mass is 421 g/mol. The molecule has 10 heteroatoms. The van der Waals surface area contributed by atoms with Crippen molar-refractivity contribution < 1.29 is 18.0 Å². The molecule has 29 heavy (non-hydrogen) atoms. The highest BCUT2D eigenvalue weighted by atomic mass is 35.5. The fraction of sp³-hybridized carbons (Fsp3) is 0.211. The number of halogens is 4. The van der Waals surface area contributed by atoms with Crippen molar-refractivity contribution in [3.63, 3.8) is 0 Å². The van der Waals surface area contributed by atoms with E-state index >= 15 is 0 Å². The van der Waals surface area contributed by atoms with Crippen LogP contribution < -0.4 is 5.32 Å². The molecule has 0 radical (unpaired) electrons. The largest absolute Gasteiger partial charge is 0.417 e. The van der Waals surface area contributed by atoms with E-state index < -0.39 is 11.7 Å². The number of aromatic nitrogens is 4. The van der Waals surface area contributed by atoms with Gasteiger partial charge in [0.25, 0.3) is 0 Å². The van der Waals surface area contributed by atoms with E-state index in [-0.39, 0.29) is 35.4 Å². The Labute approximate surface area is 167 Å². The van der Waals surface area contributed by atoms with Crippen molar-refractivity contribution in [1.29, 1.82) is 0 Å². The van der Waals surface area contributed by atoms with Crippen molar-refractivity contribution >= 4 is 34.1 Å². The van der Waals surface area contributed by atoms with Gasteiger partial charge in [-0.25, -0.2) is 0 Å². The number of carbonyl (C=O) groups is 1. The predicted molar refractivity (Wildman–Crippen MR) is 101 cm³/mol. The van der Waals surface area contributed by atoms with Gasteiger partial charge in [0.2, 0.25) is 5.91 Å². The average Bonchev–Trinajstić information content (AvgIpc) is 3.28. The van der Waals surface area contributed by atoms with Gasteiger partial charge in [0, 0.05) is 30.9 Å². The molecule has 0 saturated heterocycles. The third kappa shape index (κ3) is 3.91. The zero-order chi connectivity index (χ0) is 20.6. The first-order chi connectivity index (χ1) is 13.8. The highest BCUT2D eigenvalue weighted by Crippen LogP contribution is 2.32. The molecule has 0 aliphatic carbocycles. The van der Waals surface area contributed by atoms with Crippen molar-refractivity contribution in [3.05, 3.63) is 65.2 Å². The molecule has 1 aromatic carbocycles. The zero-order valence-electron chi connectivity index (χ0n) is 14.9. The standard InChI is InChI=1S/C19H15ClF3N5O/c20-14-9-13(19(21,22)23)11-28-16(25-26-18(14)28)10-24-17(29)6-8-27-7-5-12-3-1-2-4-15(12)27/h1-5,7,9,11H,6,8,10H2,(H,24,29). The van der Waals surface area contributed by atoms with E-state index in [2.05, 4.69) is 15.5 Å². The molecule has 4 aromatic rings. The van der Waals surface area contributed by atoms with Gasteiger partial charge in [-0.2, -0.15) is 13.2 Å². The molecule has 3 aromatic heterocycles. The number of hydrogen-bond donors (Lipinski definition) is 1. The quantitative estimate of drug-likeness (QED) is 0.528. The van der Waals surface area contributed by atoms with Crippen LogP contribution in [0.3, 0.4) is 0 Å². The van der Waals surface area contributed by atoms with E-state index in [0.717, 1.165) is 27.6 Å². The van der Waals surface area contributed by atoms with Crippen LogP contribution in [0.2, 0.25) is 5.02 Å². The molecule has 0 spiro atoms. The van der Waals surface area contributed by atoms with Gasteiger partial charge >= 0.3 is 6.18 Å². The third-order valence-corrected chi connectivity index (χ3v) is 4.84. The number of nitrogens with one attached hydrogen (secondary N) is 1. The topological polar surface area (TPSA) is 64.2 Å². The van der Waals surface area contributed by atoms with E-state index in [1.165, 1.54) is 0 Å². The summed E-state index contributed by atoms with van der Waals surface area (Å²) in [5.41, 5.74) is 0.211. The average molecular weight is 422 g/mol. The number of fused-ring (bicyclic) bond motifs is 2. The van der Waals surface area contributed by atoms with Crippen LogP contribution in [0, 0.1) is 0 Å². The number of benzene rings is 1. The fourth-order valence-electron chi connectivity index (χ4n) is 3.10. The molecule has 1 N–H and O–H groups in total. The number of nitrogens with zero attached hydrogens (tertiary/aromatic N) is 4. The minimum atomic E-state index is -4.55. The van der Waals surface area contributed by atoms with Crippen LogP contribution >= 0.6 is 11.6 Å². The first-order valence-electron chi connectivity index (χ1n) is 8.74. The minimum Gasteiger partial charge on any atom is -0.349 e. The number of alkyl halides is 3. The van der Waals surface area contributed by atoms with E-state index in [0.29, 0.717) is 6.54 Å². The van der Waals surface area contributed by atoms with E-state index in [9.17, 15) is 18.0 Å². The van der Waals surface area contributed by atoms with E-state index in [1.54, 1.807) is 0 Å². The number of carbonyl (C=O) groups excluding carboxylic acids is 1. The summed E-state index contributed by atoms with van der Waals surface area (Å²) in [6.07, 6.45) is -1.56. The lowest BCUT2D eigenvalue weighted by Gasteiger charge is -2.09. The molecule has 0 fully saturated rings. The summed E-state index contributed by atoms with van der Waals surface area (Å²) in [6.45, 7) is 0.411. The van der Waals surface area contributed by atoms with Crippen LogP contribution in [-0.4, -0.2) is 25.1 Å². The first-order valence-corrected chi connectivity index (χ1v) is 9.11. The molecule has 4 rings (SSSR count). The van der Waals surface area contributed by atoms with Crippen LogP contribution in [0.25, 0.3) is 16.6 Å². The second kappa shape index (κ2) is 7.40. The van der Waals surface area contributed by atoms with E-state index in [4.69, 9.17) is 11.6 Å². The molecule has 0 bridgehead atoms. The van der Waals surface area contributed by atoms with Crippen LogP contribution in [0.5, 0.6) is 0 Å². The van der Waals surface area contributed by atoms with Crippen LogP contribution in [0.4, 0.5) is 13.2 Å². The fourth-order valence-corrected chi connectivity index (χ4v) is 3.35. The highest BCUT2D eigenvalue weighted by Gasteiger charge is 2.32. The lowest BCUT2D eigenvalue weighted by atomic mass is 10.2. The number of pyridine rings is 1. The molecular weight excluding hydrogens is 407 g/mol. The smallest absolute Gasteiger partial charge is 0.349 e. The maximum atomic E-state index is 13.0. The van der Waals surface area contributed by atoms with Gasteiger partial charge in [-0.05, 0) is 23.6 Å². The normalized spacial score (nSPS) is 12.0. The predicted octanol–water partition coefficient (Wildman–Crippen LogP) is 4.06. The molecule has 6 nitrogen and oxygen atoms in total. The van der Waals surface area contributed by atoms with Gasteiger partial charge in [-0.1, -0.05) is 29.8 Å². The second-order valence-electron chi connectivity index (χ2n) is 6.48. The SMILES string of the molecule is O=C(CCn1ccc2ccccc21)NCc1nnc2c(Cl)cc(C(F)(F)F)cn12. The van der Waals surface area contributed by atoms with Crippen molar-refractivity contribution in [2.75, 3.05) is 0 Å². The van der Waals surface area contributed by atoms with Gasteiger partial charge in [0.15, 0.2) is 11.5 Å². The molecule has 0 atom stereocenters. The van der Waals surface area contributed by atoms with Crippen molar-refractivity contribution in [1.82, 2.24) is 24.5 Å². The molecule has 3 heterocycles. The molecule has 0 saturated carbocycles. The third-order valence-electron chi connectivity index (χ3n) is 4.56. The summed E-state index contributed by atoms with van der Waals surface area (Å²) in [4.78, 5) is 12.2. The Bertz CT molecular complexity index is 1200. The van der Waals surface area contributed by atoms with Gasteiger partial charge in [-0.15, -0.1) is 10.2 Å². The Balaban J connectivity index is 1.44. The molecule has 0 aliphatic heterocycles. The number of amides is 1. The number of para-hydroxylation sites is 1. The summed E-state index contributed by atoms with van der Waals surface area (Å²) in [5.74, 6) is -0.0923. The summed E-state index contributed by atoms with van der Waals surface area (Å²) in [6, 6.07) is 10.6. The molecule has 0 aliphatic rings. The van der Waals surface area contributed by atoms with Gasteiger partial charge in [-0.3, -0.25) is 9.20 Å². The minimum absolute atomic E-state index is 0.0654.